The molecule has 0 fully saturated rings. The quantitative estimate of drug-likeness (QED) is 0.848. The Kier molecular flexibility index (Phi) is 5.27. The number of nitrogens with one attached hydrogen (secondary N) is 1. The lowest BCUT2D eigenvalue weighted by molar-refractivity contribution is 0.275. The van der Waals surface area contributed by atoms with E-state index in [-0.39, 0.29) is 12.6 Å². The fourth-order valence-corrected chi connectivity index (χ4v) is 2.18. The summed E-state index contributed by atoms with van der Waals surface area (Å²) >= 11 is 6.12. The summed E-state index contributed by atoms with van der Waals surface area (Å²) in [4.78, 5) is 0. The molecule has 0 aromatic heterocycles. The lowest BCUT2D eigenvalue weighted by Gasteiger charge is -2.19. The minimum Gasteiger partial charge on any atom is -0.494 e. The van der Waals surface area contributed by atoms with E-state index in [1.165, 1.54) is 0 Å². The number of para-hydroxylation sites is 1. The number of benzene rings is 2. The third-order valence-corrected chi connectivity index (χ3v) is 3.29. The van der Waals surface area contributed by atoms with Crippen LogP contribution in [0.4, 0.5) is 5.69 Å². The summed E-state index contributed by atoms with van der Waals surface area (Å²) in [7, 11) is 0. The van der Waals surface area contributed by atoms with Crippen LogP contribution in [0.15, 0.2) is 48.5 Å². The van der Waals surface area contributed by atoms with Crippen LogP contribution < -0.4 is 10.1 Å². The van der Waals surface area contributed by atoms with Crippen LogP contribution in [0.25, 0.3) is 0 Å². The molecule has 3 nitrogen and oxygen atoms in total. The van der Waals surface area contributed by atoms with Crippen molar-refractivity contribution in [1.82, 2.24) is 0 Å². The standard InChI is InChI=1S/C16H18ClNO2/c1-2-20-13-7-5-6-12(10-13)16(11-19)18-15-9-4-3-8-14(15)17/h3-10,16,18-19H,2,11H2,1H3. The van der Waals surface area contributed by atoms with E-state index >= 15 is 0 Å². The molecule has 20 heavy (non-hydrogen) atoms. The Morgan fingerprint density at radius 2 is 2.00 bits per heavy atom. The van der Waals surface area contributed by atoms with Crippen molar-refractivity contribution >= 4 is 17.3 Å². The molecule has 0 aliphatic carbocycles. The van der Waals surface area contributed by atoms with E-state index in [1.807, 2.05) is 55.5 Å². The van der Waals surface area contributed by atoms with Crippen LogP contribution in [0.2, 0.25) is 5.02 Å². The molecule has 0 saturated heterocycles. The van der Waals surface area contributed by atoms with E-state index in [0.717, 1.165) is 17.0 Å². The molecule has 2 aromatic carbocycles. The Labute approximate surface area is 124 Å². The SMILES string of the molecule is CCOc1cccc(C(CO)Nc2ccccc2Cl)c1. The second-order valence-corrected chi connectivity index (χ2v) is 4.77. The molecule has 106 valence electrons. The highest BCUT2D eigenvalue weighted by atomic mass is 35.5. The third kappa shape index (κ3) is 3.65. The maximum Gasteiger partial charge on any atom is 0.119 e. The Bertz CT molecular complexity index is 560. The molecule has 0 aliphatic heterocycles. The van der Waals surface area contributed by atoms with Crippen LogP contribution in [0.1, 0.15) is 18.5 Å². The fraction of sp³-hybridized carbons (Fsp3) is 0.250. The predicted octanol–water partition coefficient (Wildman–Crippen LogP) is 3.88. The summed E-state index contributed by atoms with van der Waals surface area (Å²) in [6, 6.07) is 14.9. The van der Waals surface area contributed by atoms with E-state index in [4.69, 9.17) is 16.3 Å². The van der Waals surface area contributed by atoms with Gasteiger partial charge in [0.15, 0.2) is 0 Å². The zero-order chi connectivity index (χ0) is 14.4. The van der Waals surface area contributed by atoms with Gasteiger partial charge in [0, 0.05) is 0 Å². The summed E-state index contributed by atoms with van der Waals surface area (Å²) in [5.74, 6) is 0.796. The number of ether oxygens (including phenoxy) is 1. The Morgan fingerprint density at radius 1 is 1.20 bits per heavy atom. The zero-order valence-electron chi connectivity index (χ0n) is 11.3. The minimum atomic E-state index is -0.227. The molecule has 2 aromatic rings. The number of aliphatic hydroxyl groups excluding tert-OH is 1. The van der Waals surface area contributed by atoms with Gasteiger partial charge in [-0.25, -0.2) is 0 Å². The molecule has 0 bridgehead atoms. The van der Waals surface area contributed by atoms with Crippen molar-refractivity contribution < 1.29 is 9.84 Å². The number of hydrogen-bond acceptors (Lipinski definition) is 3. The van der Waals surface area contributed by atoms with Crippen molar-refractivity contribution in [1.29, 1.82) is 0 Å². The average Bonchev–Trinajstić information content (AvgIpc) is 2.47. The molecular weight excluding hydrogens is 274 g/mol. The summed E-state index contributed by atoms with van der Waals surface area (Å²) in [5.41, 5.74) is 1.76. The molecule has 0 saturated carbocycles. The number of rotatable bonds is 6. The van der Waals surface area contributed by atoms with Gasteiger partial charge in [0.2, 0.25) is 0 Å². The lowest BCUT2D eigenvalue weighted by Crippen LogP contribution is -2.15. The van der Waals surface area contributed by atoms with Gasteiger partial charge in [0.1, 0.15) is 5.75 Å². The Balaban J connectivity index is 2.20. The highest BCUT2D eigenvalue weighted by Crippen LogP contribution is 2.27. The van der Waals surface area contributed by atoms with Crippen molar-refractivity contribution in [3.05, 3.63) is 59.1 Å². The van der Waals surface area contributed by atoms with Gasteiger partial charge >= 0.3 is 0 Å². The molecule has 2 N–H and O–H groups in total. The van der Waals surface area contributed by atoms with Gasteiger partial charge in [-0.2, -0.15) is 0 Å². The van der Waals surface area contributed by atoms with Gasteiger partial charge in [-0.1, -0.05) is 35.9 Å². The van der Waals surface area contributed by atoms with Crippen LogP contribution in [0.5, 0.6) is 5.75 Å². The maximum absolute atomic E-state index is 9.61. The van der Waals surface area contributed by atoms with Crippen molar-refractivity contribution in [2.24, 2.45) is 0 Å². The molecule has 1 unspecified atom stereocenters. The largest absolute Gasteiger partial charge is 0.494 e. The van der Waals surface area contributed by atoms with Crippen molar-refractivity contribution in [3.8, 4) is 5.75 Å². The van der Waals surface area contributed by atoms with Crippen molar-refractivity contribution in [2.75, 3.05) is 18.5 Å². The fourth-order valence-electron chi connectivity index (χ4n) is 1.99. The first-order valence-corrected chi connectivity index (χ1v) is 6.97. The van der Waals surface area contributed by atoms with E-state index < -0.39 is 0 Å². The van der Waals surface area contributed by atoms with Gasteiger partial charge < -0.3 is 15.2 Å². The minimum absolute atomic E-state index is 0.0270. The normalized spacial score (nSPS) is 11.9. The Hall–Kier alpha value is -1.71. The summed E-state index contributed by atoms with van der Waals surface area (Å²) < 4.78 is 5.48. The average molecular weight is 292 g/mol. The van der Waals surface area contributed by atoms with E-state index in [2.05, 4.69) is 5.32 Å². The van der Waals surface area contributed by atoms with Crippen LogP contribution in [-0.2, 0) is 0 Å². The highest BCUT2D eigenvalue weighted by molar-refractivity contribution is 6.33. The molecule has 4 heteroatoms. The molecule has 1 atom stereocenters. The topological polar surface area (TPSA) is 41.5 Å². The lowest BCUT2D eigenvalue weighted by atomic mass is 10.1. The van der Waals surface area contributed by atoms with Gasteiger partial charge in [-0.05, 0) is 36.8 Å². The van der Waals surface area contributed by atoms with Crippen LogP contribution in [0.3, 0.4) is 0 Å². The van der Waals surface area contributed by atoms with E-state index in [1.54, 1.807) is 0 Å². The summed E-state index contributed by atoms with van der Waals surface area (Å²) in [6.45, 7) is 2.53. The van der Waals surface area contributed by atoms with Gasteiger partial charge in [-0.3, -0.25) is 0 Å². The maximum atomic E-state index is 9.61. The predicted molar refractivity (Wildman–Crippen MR) is 82.5 cm³/mol. The van der Waals surface area contributed by atoms with Crippen molar-refractivity contribution in [3.63, 3.8) is 0 Å². The van der Waals surface area contributed by atoms with Crippen molar-refractivity contribution in [2.45, 2.75) is 13.0 Å². The van der Waals surface area contributed by atoms with E-state index in [0.29, 0.717) is 11.6 Å². The monoisotopic (exact) mass is 291 g/mol. The third-order valence-electron chi connectivity index (χ3n) is 2.96. The molecule has 0 amide bonds. The summed E-state index contributed by atoms with van der Waals surface area (Å²) in [5, 5.41) is 13.5. The van der Waals surface area contributed by atoms with Crippen LogP contribution >= 0.6 is 11.6 Å². The summed E-state index contributed by atoms with van der Waals surface area (Å²) in [6.07, 6.45) is 0. The molecule has 0 aliphatic rings. The smallest absolute Gasteiger partial charge is 0.119 e. The first-order valence-electron chi connectivity index (χ1n) is 6.59. The second-order valence-electron chi connectivity index (χ2n) is 4.36. The number of halogens is 1. The van der Waals surface area contributed by atoms with E-state index in [9.17, 15) is 5.11 Å². The molecule has 2 rings (SSSR count). The highest BCUT2D eigenvalue weighted by Gasteiger charge is 2.12. The number of aliphatic hydroxyl groups is 1. The Morgan fingerprint density at radius 3 is 2.70 bits per heavy atom. The van der Waals surface area contributed by atoms with Gasteiger partial charge in [-0.15, -0.1) is 0 Å². The molecule has 0 heterocycles. The zero-order valence-corrected chi connectivity index (χ0v) is 12.1. The first-order chi connectivity index (χ1) is 9.74. The number of hydrogen-bond donors (Lipinski definition) is 2. The molecule has 0 radical (unpaired) electrons. The second kappa shape index (κ2) is 7.17. The molecule has 0 spiro atoms. The first kappa shape index (κ1) is 14.7. The van der Waals surface area contributed by atoms with Gasteiger partial charge in [0.05, 0.1) is 30.0 Å². The van der Waals surface area contributed by atoms with Crippen LogP contribution in [-0.4, -0.2) is 18.3 Å². The van der Waals surface area contributed by atoms with Crippen LogP contribution in [0, 0.1) is 0 Å². The van der Waals surface area contributed by atoms with Gasteiger partial charge in [0.25, 0.3) is 0 Å². The number of anilines is 1. The molecular formula is C16H18ClNO2.